The Kier molecular flexibility index (Phi) is 7.50. The molecule has 0 aliphatic rings. The number of methoxy groups -OCH3 is 2. The Hall–Kier alpha value is -3.02. The number of hydrogen-bond donors (Lipinski definition) is 2. The van der Waals surface area contributed by atoms with Gasteiger partial charge in [0, 0.05) is 24.7 Å². The molecule has 1 atom stereocenters. The maximum Gasteiger partial charge on any atom is 0.127 e. The van der Waals surface area contributed by atoms with Gasteiger partial charge < -0.3 is 24.6 Å². The summed E-state index contributed by atoms with van der Waals surface area (Å²) in [6.45, 7) is 1.54. The molecule has 2 N–H and O–H groups in total. The smallest absolute Gasteiger partial charge is 0.127 e. The summed E-state index contributed by atoms with van der Waals surface area (Å²) in [5.74, 6) is 2.28. The molecule has 0 fully saturated rings. The molecule has 0 aromatic heterocycles. The van der Waals surface area contributed by atoms with E-state index in [-0.39, 0.29) is 0 Å². The molecule has 0 radical (unpaired) electrons. The van der Waals surface area contributed by atoms with E-state index in [1.165, 1.54) is 0 Å². The topological polar surface area (TPSA) is 60.0 Å². The fourth-order valence-electron chi connectivity index (χ4n) is 2.99. The number of nitrogens with one attached hydrogen (secondary N) is 1. The minimum Gasteiger partial charge on any atom is -0.497 e. The Morgan fingerprint density at radius 2 is 1.59 bits per heavy atom. The normalized spacial score (nSPS) is 11.7. The molecule has 0 aliphatic carbocycles. The molecular weight excluding hydrogens is 366 g/mol. The predicted molar refractivity (Wildman–Crippen MR) is 113 cm³/mol. The van der Waals surface area contributed by atoms with Gasteiger partial charge in [-0.25, -0.2) is 0 Å². The van der Waals surface area contributed by atoms with Gasteiger partial charge in [0.1, 0.15) is 23.9 Å². The molecule has 152 valence electrons. The van der Waals surface area contributed by atoms with Crippen LogP contribution >= 0.6 is 0 Å². The highest BCUT2D eigenvalue weighted by Crippen LogP contribution is 2.24. The number of benzene rings is 3. The molecule has 0 saturated heterocycles. The van der Waals surface area contributed by atoms with Crippen molar-refractivity contribution in [2.24, 2.45) is 0 Å². The van der Waals surface area contributed by atoms with Crippen molar-refractivity contribution in [1.82, 2.24) is 5.32 Å². The van der Waals surface area contributed by atoms with E-state index in [9.17, 15) is 5.11 Å². The summed E-state index contributed by atoms with van der Waals surface area (Å²) in [5, 5.41) is 13.7. The van der Waals surface area contributed by atoms with Gasteiger partial charge in [-0.3, -0.25) is 0 Å². The summed E-state index contributed by atoms with van der Waals surface area (Å²) in [7, 11) is 3.26. The van der Waals surface area contributed by atoms with Crippen molar-refractivity contribution in [3.05, 3.63) is 89.5 Å². The minimum atomic E-state index is -0.609. The molecule has 0 bridgehead atoms. The van der Waals surface area contributed by atoms with E-state index in [1.54, 1.807) is 14.2 Å². The summed E-state index contributed by atoms with van der Waals surface area (Å²) in [6, 6.07) is 23.3. The van der Waals surface area contributed by atoms with Gasteiger partial charge in [0.05, 0.1) is 20.3 Å². The van der Waals surface area contributed by atoms with Gasteiger partial charge in [0.25, 0.3) is 0 Å². The zero-order chi connectivity index (χ0) is 20.5. The van der Waals surface area contributed by atoms with E-state index in [4.69, 9.17) is 14.2 Å². The van der Waals surface area contributed by atoms with Crippen LogP contribution in [0.1, 0.15) is 22.8 Å². The van der Waals surface area contributed by atoms with E-state index in [0.717, 1.165) is 33.9 Å². The molecule has 0 aliphatic heterocycles. The first kappa shape index (κ1) is 20.7. The zero-order valence-electron chi connectivity index (χ0n) is 16.8. The van der Waals surface area contributed by atoms with E-state index >= 15 is 0 Å². The van der Waals surface area contributed by atoms with Crippen LogP contribution in [0.25, 0.3) is 0 Å². The standard InChI is InChI=1S/C24H27NO4/c1-27-22-13-10-20(24(14-22)28-2)15-25-16-23(26)19-8-11-21(12-9-19)29-17-18-6-4-3-5-7-18/h3-14,23,25-26H,15-17H2,1-2H3/t23-/m0/s1. The lowest BCUT2D eigenvalue weighted by atomic mass is 10.1. The van der Waals surface area contributed by atoms with E-state index in [1.807, 2.05) is 72.8 Å². The van der Waals surface area contributed by atoms with Gasteiger partial charge in [-0.15, -0.1) is 0 Å². The van der Waals surface area contributed by atoms with Crippen LogP contribution in [0.3, 0.4) is 0 Å². The summed E-state index contributed by atoms with van der Waals surface area (Å²) < 4.78 is 16.4. The molecule has 3 aromatic carbocycles. The molecule has 29 heavy (non-hydrogen) atoms. The Labute approximate surface area is 171 Å². The van der Waals surface area contributed by atoms with Gasteiger partial charge in [-0.2, -0.15) is 0 Å². The third-order valence-electron chi connectivity index (χ3n) is 4.66. The van der Waals surface area contributed by atoms with Crippen LogP contribution in [0.2, 0.25) is 0 Å². The summed E-state index contributed by atoms with van der Waals surface area (Å²) in [6.07, 6.45) is -0.609. The maximum absolute atomic E-state index is 10.5. The molecule has 0 amide bonds. The monoisotopic (exact) mass is 393 g/mol. The number of aliphatic hydroxyl groups is 1. The second-order valence-electron chi connectivity index (χ2n) is 6.67. The first-order valence-electron chi connectivity index (χ1n) is 9.56. The predicted octanol–water partition coefficient (Wildman–Crippen LogP) is 4.11. The third-order valence-corrected chi connectivity index (χ3v) is 4.66. The molecule has 5 nitrogen and oxygen atoms in total. The van der Waals surface area contributed by atoms with Crippen molar-refractivity contribution >= 4 is 0 Å². The van der Waals surface area contributed by atoms with Crippen LogP contribution in [0.5, 0.6) is 17.2 Å². The summed E-state index contributed by atoms with van der Waals surface area (Å²) in [4.78, 5) is 0. The van der Waals surface area contributed by atoms with Crippen LogP contribution in [-0.4, -0.2) is 25.9 Å². The first-order valence-corrected chi connectivity index (χ1v) is 9.56. The van der Waals surface area contributed by atoms with Crippen LogP contribution in [-0.2, 0) is 13.2 Å². The lowest BCUT2D eigenvalue weighted by molar-refractivity contribution is 0.174. The van der Waals surface area contributed by atoms with E-state index < -0.39 is 6.10 Å². The van der Waals surface area contributed by atoms with Gasteiger partial charge in [-0.05, 0) is 29.3 Å². The lowest BCUT2D eigenvalue weighted by Crippen LogP contribution is -2.21. The zero-order valence-corrected chi connectivity index (χ0v) is 16.8. The van der Waals surface area contributed by atoms with Crippen LogP contribution < -0.4 is 19.5 Å². The van der Waals surface area contributed by atoms with Gasteiger partial charge >= 0.3 is 0 Å². The van der Waals surface area contributed by atoms with Crippen molar-refractivity contribution in [3.8, 4) is 17.2 Å². The molecule has 0 unspecified atom stereocenters. The van der Waals surface area contributed by atoms with Crippen LogP contribution in [0, 0.1) is 0 Å². The van der Waals surface area contributed by atoms with Gasteiger partial charge in [-0.1, -0.05) is 48.5 Å². The van der Waals surface area contributed by atoms with Crippen molar-refractivity contribution in [3.63, 3.8) is 0 Å². The van der Waals surface area contributed by atoms with Crippen molar-refractivity contribution in [2.75, 3.05) is 20.8 Å². The highest BCUT2D eigenvalue weighted by Gasteiger charge is 2.09. The van der Waals surface area contributed by atoms with Crippen LogP contribution in [0.15, 0.2) is 72.8 Å². The number of aliphatic hydroxyl groups excluding tert-OH is 1. The lowest BCUT2D eigenvalue weighted by Gasteiger charge is -2.15. The molecular formula is C24H27NO4. The average molecular weight is 393 g/mol. The number of ether oxygens (including phenoxy) is 3. The van der Waals surface area contributed by atoms with E-state index in [2.05, 4.69) is 5.32 Å². The second-order valence-corrected chi connectivity index (χ2v) is 6.67. The Bertz CT molecular complexity index is 881. The van der Waals surface area contributed by atoms with Crippen LogP contribution in [0.4, 0.5) is 0 Å². The van der Waals surface area contributed by atoms with Gasteiger partial charge in [0.2, 0.25) is 0 Å². The molecule has 0 saturated carbocycles. The Morgan fingerprint density at radius 1 is 0.862 bits per heavy atom. The fourth-order valence-corrected chi connectivity index (χ4v) is 2.99. The Morgan fingerprint density at radius 3 is 2.28 bits per heavy atom. The maximum atomic E-state index is 10.5. The highest BCUT2D eigenvalue weighted by atomic mass is 16.5. The Balaban J connectivity index is 1.49. The SMILES string of the molecule is COc1ccc(CNC[C@H](O)c2ccc(OCc3ccccc3)cc2)c(OC)c1. The van der Waals surface area contributed by atoms with Crippen molar-refractivity contribution < 1.29 is 19.3 Å². The second kappa shape index (κ2) is 10.5. The summed E-state index contributed by atoms with van der Waals surface area (Å²) >= 11 is 0. The highest BCUT2D eigenvalue weighted by molar-refractivity contribution is 5.40. The molecule has 0 spiro atoms. The third kappa shape index (κ3) is 5.98. The minimum absolute atomic E-state index is 0.430. The molecule has 3 rings (SSSR count). The average Bonchev–Trinajstić information content (AvgIpc) is 2.78. The first-order chi connectivity index (χ1) is 14.2. The molecule has 0 heterocycles. The molecule has 5 heteroatoms. The van der Waals surface area contributed by atoms with Crippen molar-refractivity contribution in [2.45, 2.75) is 19.3 Å². The van der Waals surface area contributed by atoms with Crippen molar-refractivity contribution in [1.29, 1.82) is 0 Å². The summed E-state index contributed by atoms with van der Waals surface area (Å²) in [5.41, 5.74) is 2.96. The number of hydrogen-bond acceptors (Lipinski definition) is 5. The van der Waals surface area contributed by atoms with E-state index in [0.29, 0.717) is 19.7 Å². The molecule has 3 aromatic rings. The largest absolute Gasteiger partial charge is 0.497 e. The quantitative estimate of drug-likeness (QED) is 0.543. The van der Waals surface area contributed by atoms with Gasteiger partial charge in [0.15, 0.2) is 0 Å². The number of rotatable bonds is 10. The fraction of sp³-hybridized carbons (Fsp3) is 0.250.